The molecule has 0 amide bonds. The van der Waals surface area contributed by atoms with Crippen molar-refractivity contribution in [2.24, 2.45) is 5.73 Å². The zero-order valence-corrected chi connectivity index (χ0v) is 15.4. The SMILES string of the molecule is Cc1cc(C(N)c2c(C)c(C)c(C)c(C)c2C)ccc1Br. The highest BCUT2D eigenvalue weighted by Crippen LogP contribution is 2.33. The molecule has 21 heavy (non-hydrogen) atoms. The third-order valence-corrected chi connectivity index (χ3v) is 5.80. The first-order valence-corrected chi connectivity index (χ1v) is 8.13. The van der Waals surface area contributed by atoms with E-state index in [-0.39, 0.29) is 6.04 Å². The second-order valence-corrected chi connectivity index (χ2v) is 6.88. The van der Waals surface area contributed by atoms with Crippen LogP contribution >= 0.6 is 15.9 Å². The molecule has 0 aliphatic carbocycles. The molecule has 112 valence electrons. The smallest absolute Gasteiger partial charge is 0.0557 e. The number of aryl methyl sites for hydroxylation is 1. The minimum atomic E-state index is -0.0743. The topological polar surface area (TPSA) is 26.0 Å². The van der Waals surface area contributed by atoms with E-state index < -0.39 is 0 Å². The summed E-state index contributed by atoms with van der Waals surface area (Å²) in [5.41, 5.74) is 17.0. The van der Waals surface area contributed by atoms with Crippen LogP contribution in [0.4, 0.5) is 0 Å². The molecule has 2 aromatic rings. The maximum absolute atomic E-state index is 6.61. The van der Waals surface area contributed by atoms with Crippen LogP contribution < -0.4 is 5.73 Å². The summed E-state index contributed by atoms with van der Waals surface area (Å²) >= 11 is 3.56. The molecule has 0 spiro atoms. The molecule has 0 aliphatic heterocycles. The highest BCUT2D eigenvalue weighted by Gasteiger charge is 2.19. The summed E-state index contributed by atoms with van der Waals surface area (Å²) in [4.78, 5) is 0. The fourth-order valence-electron chi connectivity index (χ4n) is 3.02. The minimum absolute atomic E-state index is 0.0743. The number of nitrogens with two attached hydrogens (primary N) is 1. The van der Waals surface area contributed by atoms with Crippen LogP contribution in [-0.4, -0.2) is 0 Å². The monoisotopic (exact) mass is 345 g/mol. The molecule has 1 atom stereocenters. The summed E-state index contributed by atoms with van der Waals surface area (Å²) < 4.78 is 1.13. The molecule has 0 fully saturated rings. The molecule has 1 unspecified atom stereocenters. The van der Waals surface area contributed by atoms with Crippen LogP contribution in [-0.2, 0) is 0 Å². The Bertz CT molecular complexity index is 672. The van der Waals surface area contributed by atoms with E-state index >= 15 is 0 Å². The van der Waals surface area contributed by atoms with Gasteiger partial charge in [-0.2, -0.15) is 0 Å². The molecule has 0 heterocycles. The Balaban J connectivity index is 2.63. The predicted molar refractivity (Wildman–Crippen MR) is 95.0 cm³/mol. The Labute approximate surface area is 136 Å². The zero-order chi connectivity index (χ0) is 15.9. The lowest BCUT2D eigenvalue weighted by Crippen LogP contribution is -2.17. The van der Waals surface area contributed by atoms with Gasteiger partial charge in [0.15, 0.2) is 0 Å². The molecule has 1 nitrogen and oxygen atoms in total. The molecular formula is C19H24BrN. The van der Waals surface area contributed by atoms with Gasteiger partial charge in [0.05, 0.1) is 6.04 Å². The molecule has 0 saturated heterocycles. The van der Waals surface area contributed by atoms with Crippen LogP contribution in [0.2, 0.25) is 0 Å². The van der Waals surface area contributed by atoms with Crippen LogP contribution in [0.3, 0.4) is 0 Å². The van der Waals surface area contributed by atoms with Gasteiger partial charge >= 0.3 is 0 Å². The van der Waals surface area contributed by atoms with Gasteiger partial charge in [-0.1, -0.05) is 28.1 Å². The Morgan fingerprint density at radius 2 is 1.29 bits per heavy atom. The maximum Gasteiger partial charge on any atom is 0.0557 e. The third kappa shape index (κ3) is 2.79. The van der Waals surface area contributed by atoms with Crippen LogP contribution in [0, 0.1) is 41.5 Å². The lowest BCUT2D eigenvalue weighted by molar-refractivity contribution is 0.841. The Hall–Kier alpha value is -1.12. The maximum atomic E-state index is 6.61. The van der Waals surface area contributed by atoms with Crippen molar-refractivity contribution in [2.75, 3.05) is 0 Å². The normalized spacial score (nSPS) is 12.6. The number of halogens is 1. The van der Waals surface area contributed by atoms with E-state index in [1.165, 1.54) is 44.5 Å². The first-order valence-electron chi connectivity index (χ1n) is 7.34. The summed E-state index contributed by atoms with van der Waals surface area (Å²) in [5, 5.41) is 0. The van der Waals surface area contributed by atoms with Crippen LogP contribution in [0.25, 0.3) is 0 Å². The van der Waals surface area contributed by atoms with Gasteiger partial charge < -0.3 is 5.73 Å². The van der Waals surface area contributed by atoms with Gasteiger partial charge in [0.1, 0.15) is 0 Å². The van der Waals surface area contributed by atoms with Crippen molar-refractivity contribution < 1.29 is 0 Å². The molecule has 0 aromatic heterocycles. The molecule has 0 radical (unpaired) electrons. The Morgan fingerprint density at radius 3 is 1.76 bits per heavy atom. The lowest BCUT2D eigenvalue weighted by atomic mass is 9.84. The van der Waals surface area contributed by atoms with Crippen molar-refractivity contribution in [1.29, 1.82) is 0 Å². The fraction of sp³-hybridized carbons (Fsp3) is 0.368. The number of benzene rings is 2. The predicted octanol–water partition coefficient (Wildman–Crippen LogP) is 5.35. The Morgan fingerprint density at radius 1 is 0.810 bits per heavy atom. The van der Waals surface area contributed by atoms with E-state index in [2.05, 4.69) is 75.7 Å². The summed E-state index contributed by atoms with van der Waals surface area (Å²) in [6.45, 7) is 13.1. The van der Waals surface area contributed by atoms with Gasteiger partial charge in [-0.15, -0.1) is 0 Å². The van der Waals surface area contributed by atoms with Crippen molar-refractivity contribution in [3.8, 4) is 0 Å². The summed E-state index contributed by atoms with van der Waals surface area (Å²) in [6, 6.07) is 6.31. The van der Waals surface area contributed by atoms with Crippen molar-refractivity contribution in [3.05, 3.63) is 67.2 Å². The first kappa shape index (κ1) is 16.3. The summed E-state index contributed by atoms with van der Waals surface area (Å²) in [7, 11) is 0. The molecule has 0 bridgehead atoms. The highest BCUT2D eigenvalue weighted by atomic mass is 79.9. The minimum Gasteiger partial charge on any atom is -0.320 e. The Kier molecular flexibility index (Phi) is 4.60. The second-order valence-electron chi connectivity index (χ2n) is 6.02. The number of rotatable bonds is 2. The fourth-order valence-corrected chi connectivity index (χ4v) is 3.27. The van der Waals surface area contributed by atoms with E-state index in [0.29, 0.717) is 0 Å². The standard InChI is InChI=1S/C19H24BrN/c1-10-9-16(7-8-17(10)20)19(21)18-14(5)12(3)11(2)13(4)15(18)6/h7-9,19H,21H2,1-6H3. The van der Waals surface area contributed by atoms with Crippen LogP contribution in [0.15, 0.2) is 22.7 Å². The molecule has 2 rings (SSSR count). The van der Waals surface area contributed by atoms with Crippen LogP contribution in [0.1, 0.15) is 50.5 Å². The van der Waals surface area contributed by atoms with Gasteiger partial charge in [-0.25, -0.2) is 0 Å². The molecule has 0 aliphatic rings. The quantitative estimate of drug-likeness (QED) is 0.780. The van der Waals surface area contributed by atoms with Gasteiger partial charge in [0, 0.05) is 4.47 Å². The van der Waals surface area contributed by atoms with Gasteiger partial charge in [0.25, 0.3) is 0 Å². The van der Waals surface area contributed by atoms with Crippen molar-refractivity contribution in [2.45, 2.75) is 47.6 Å². The number of hydrogen-bond donors (Lipinski definition) is 1. The van der Waals surface area contributed by atoms with E-state index in [1.54, 1.807) is 0 Å². The summed E-state index contributed by atoms with van der Waals surface area (Å²) in [5.74, 6) is 0. The first-order chi connectivity index (χ1) is 9.75. The molecule has 0 saturated carbocycles. The van der Waals surface area contributed by atoms with E-state index in [9.17, 15) is 0 Å². The van der Waals surface area contributed by atoms with Gasteiger partial charge in [-0.3, -0.25) is 0 Å². The van der Waals surface area contributed by atoms with E-state index in [4.69, 9.17) is 5.73 Å². The highest BCUT2D eigenvalue weighted by molar-refractivity contribution is 9.10. The molecular weight excluding hydrogens is 322 g/mol. The van der Waals surface area contributed by atoms with Crippen molar-refractivity contribution in [3.63, 3.8) is 0 Å². The molecule has 2 aromatic carbocycles. The zero-order valence-electron chi connectivity index (χ0n) is 13.8. The van der Waals surface area contributed by atoms with Crippen molar-refractivity contribution >= 4 is 15.9 Å². The lowest BCUT2D eigenvalue weighted by Gasteiger charge is -2.24. The summed E-state index contributed by atoms with van der Waals surface area (Å²) in [6.07, 6.45) is 0. The number of hydrogen-bond acceptors (Lipinski definition) is 1. The average Bonchev–Trinajstić information content (AvgIpc) is 2.46. The average molecular weight is 346 g/mol. The van der Waals surface area contributed by atoms with E-state index in [1.807, 2.05) is 0 Å². The molecule has 2 heteroatoms. The van der Waals surface area contributed by atoms with Gasteiger partial charge in [-0.05, 0) is 92.1 Å². The van der Waals surface area contributed by atoms with Crippen LogP contribution in [0.5, 0.6) is 0 Å². The van der Waals surface area contributed by atoms with Crippen molar-refractivity contribution in [1.82, 2.24) is 0 Å². The third-order valence-electron chi connectivity index (χ3n) is 4.91. The van der Waals surface area contributed by atoms with E-state index in [0.717, 1.165) is 4.47 Å². The largest absolute Gasteiger partial charge is 0.320 e. The van der Waals surface area contributed by atoms with Gasteiger partial charge in [0.2, 0.25) is 0 Å². The molecule has 2 N–H and O–H groups in total. The second kappa shape index (κ2) is 5.94.